The molecule has 1 saturated carbocycles. The maximum Gasteiger partial charge on any atom is 0.329 e. The van der Waals surface area contributed by atoms with Crippen LogP contribution in [0, 0.1) is 5.92 Å². The summed E-state index contributed by atoms with van der Waals surface area (Å²) in [7, 11) is 1.50. The summed E-state index contributed by atoms with van der Waals surface area (Å²) in [6, 6.07) is 3.79. The Bertz CT molecular complexity index is 620. The number of imidazole rings is 1. The van der Waals surface area contributed by atoms with E-state index in [0.29, 0.717) is 12.2 Å². The lowest BCUT2D eigenvalue weighted by Gasteiger charge is -2.06. The van der Waals surface area contributed by atoms with E-state index in [-0.39, 0.29) is 12.0 Å². The number of methoxy groups -OCH3 is 1. The zero-order valence-electron chi connectivity index (χ0n) is 12.0. The first kappa shape index (κ1) is 13.6. The number of ether oxygens (including phenoxy) is 1. The van der Waals surface area contributed by atoms with Crippen molar-refractivity contribution in [2.75, 3.05) is 13.7 Å². The lowest BCUT2D eigenvalue weighted by Crippen LogP contribution is -2.29. The second-order valence-corrected chi connectivity index (χ2v) is 5.19. The van der Waals surface area contributed by atoms with Gasteiger partial charge in [-0.2, -0.15) is 4.98 Å². The monoisotopic (exact) mass is 286 g/mol. The summed E-state index contributed by atoms with van der Waals surface area (Å²) in [5.74, 6) is 0.793. The topological polar surface area (TPSA) is 69.0 Å². The molecule has 1 aliphatic carbocycles. The van der Waals surface area contributed by atoms with Gasteiger partial charge in [-0.05, 0) is 24.5 Å². The third kappa shape index (κ3) is 3.21. The average Bonchev–Trinajstić information content (AvgIpc) is 3.24. The molecule has 1 fully saturated rings. The Hall–Kier alpha value is -2.37. The number of aromatic nitrogens is 3. The Morgan fingerprint density at radius 2 is 2.38 bits per heavy atom. The zero-order valence-corrected chi connectivity index (χ0v) is 12.0. The van der Waals surface area contributed by atoms with Crippen LogP contribution < -0.4 is 10.1 Å². The van der Waals surface area contributed by atoms with Crippen LogP contribution in [-0.2, 0) is 0 Å². The first-order valence-corrected chi connectivity index (χ1v) is 7.10. The van der Waals surface area contributed by atoms with Crippen molar-refractivity contribution in [2.24, 2.45) is 5.92 Å². The van der Waals surface area contributed by atoms with Crippen LogP contribution >= 0.6 is 0 Å². The van der Waals surface area contributed by atoms with Gasteiger partial charge >= 0.3 is 12.0 Å². The fourth-order valence-corrected chi connectivity index (χ4v) is 2.18. The van der Waals surface area contributed by atoms with E-state index in [1.54, 1.807) is 18.6 Å². The SMILES string of the molecule is COc1nc(-c2cccnc2)cn1C(=O)NCCC1CC1. The third-order valence-corrected chi connectivity index (χ3v) is 3.56. The smallest absolute Gasteiger partial charge is 0.329 e. The quantitative estimate of drug-likeness (QED) is 0.915. The Kier molecular flexibility index (Phi) is 3.85. The van der Waals surface area contributed by atoms with Gasteiger partial charge in [0.2, 0.25) is 0 Å². The molecule has 0 radical (unpaired) electrons. The number of amides is 1. The lowest BCUT2D eigenvalue weighted by atomic mass is 10.2. The predicted octanol–water partition coefficient (Wildman–Crippen LogP) is 2.31. The number of carbonyl (C=O) groups is 1. The molecule has 21 heavy (non-hydrogen) atoms. The van der Waals surface area contributed by atoms with Crippen LogP contribution in [0.4, 0.5) is 4.79 Å². The molecule has 0 unspecified atom stereocenters. The summed E-state index contributed by atoms with van der Waals surface area (Å²) in [6.07, 6.45) is 8.69. The normalized spacial score (nSPS) is 14.0. The summed E-state index contributed by atoms with van der Waals surface area (Å²) >= 11 is 0. The Morgan fingerprint density at radius 3 is 3.05 bits per heavy atom. The predicted molar refractivity (Wildman–Crippen MR) is 78.1 cm³/mol. The summed E-state index contributed by atoms with van der Waals surface area (Å²) < 4.78 is 6.58. The van der Waals surface area contributed by atoms with E-state index in [9.17, 15) is 4.79 Å². The largest absolute Gasteiger partial charge is 0.468 e. The molecule has 2 aromatic rings. The van der Waals surface area contributed by atoms with Gasteiger partial charge in [0.15, 0.2) is 0 Å². The summed E-state index contributed by atoms with van der Waals surface area (Å²) in [5, 5.41) is 2.90. The van der Waals surface area contributed by atoms with E-state index in [1.807, 2.05) is 12.1 Å². The van der Waals surface area contributed by atoms with Crippen molar-refractivity contribution in [3.63, 3.8) is 0 Å². The van der Waals surface area contributed by atoms with Crippen molar-refractivity contribution in [1.82, 2.24) is 19.9 Å². The highest BCUT2D eigenvalue weighted by atomic mass is 16.5. The minimum atomic E-state index is -0.213. The van der Waals surface area contributed by atoms with Crippen molar-refractivity contribution in [3.05, 3.63) is 30.7 Å². The first-order chi connectivity index (χ1) is 10.3. The molecule has 0 saturated heterocycles. The molecule has 0 bridgehead atoms. The zero-order chi connectivity index (χ0) is 14.7. The Labute approximate surface area is 123 Å². The minimum Gasteiger partial charge on any atom is -0.468 e. The van der Waals surface area contributed by atoms with Crippen LogP contribution in [0.1, 0.15) is 19.3 Å². The Balaban J connectivity index is 1.74. The molecule has 1 aliphatic rings. The highest BCUT2D eigenvalue weighted by Gasteiger charge is 2.21. The van der Waals surface area contributed by atoms with Crippen LogP contribution in [0.3, 0.4) is 0 Å². The summed E-state index contributed by atoms with van der Waals surface area (Å²) in [4.78, 5) is 20.6. The summed E-state index contributed by atoms with van der Waals surface area (Å²) in [5.41, 5.74) is 1.51. The second kappa shape index (κ2) is 5.95. The second-order valence-electron chi connectivity index (χ2n) is 5.19. The first-order valence-electron chi connectivity index (χ1n) is 7.10. The van der Waals surface area contributed by atoms with Gasteiger partial charge in [0.1, 0.15) is 0 Å². The van der Waals surface area contributed by atoms with Crippen molar-refractivity contribution in [3.8, 4) is 17.3 Å². The molecule has 2 heterocycles. The average molecular weight is 286 g/mol. The van der Waals surface area contributed by atoms with E-state index >= 15 is 0 Å². The molecule has 6 nitrogen and oxygen atoms in total. The number of pyridine rings is 1. The van der Waals surface area contributed by atoms with Crippen molar-refractivity contribution in [2.45, 2.75) is 19.3 Å². The van der Waals surface area contributed by atoms with Gasteiger partial charge in [0.25, 0.3) is 0 Å². The van der Waals surface area contributed by atoms with E-state index < -0.39 is 0 Å². The van der Waals surface area contributed by atoms with E-state index in [4.69, 9.17) is 4.74 Å². The number of nitrogens with one attached hydrogen (secondary N) is 1. The molecule has 6 heteroatoms. The number of nitrogens with zero attached hydrogens (tertiary/aromatic N) is 3. The van der Waals surface area contributed by atoms with Gasteiger partial charge in [-0.3, -0.25) is 4.98 Å². The van der Waals surface area contributed by atoms with Crippen molar-refractivity contribution < 1.29 is 9.53 Å². The molecule has 0 atom stereocenters. The number of carbonyl (C=O) groups excluding carboxylic acids is 1. The van der Waals surface area contributed by atoms with Gasteiger partial charge in [-0.15, -0.1) is 0 Å². The van der Waals surface area contributed by atoms with E-state index in [2.05, 4.69) is 15.3 Å². The van der Waals surface area contributed by atoms with Crippen LogP contribution in [-0.4, -0.2) is 34.2 Å². The lowest BCUT2D eigenvalue weighted by molar-refractivity contribution is 0.237. The molecule has 1 N–H and O–H groups in total. The van der Waals surface area contributed by atoms with E-state index in [0.717, 1.165) is 17.9 Å². The number of rotatable bonds is 5. The van der Waals surface area contributed by atoms with Crippen molar-refractivity contribution in [1.29, 1.82) is 0 Å². The number of hydrogen-bond acceptors (Lipinski definition) is 4. The van der Waals surface area contributed by atoms with Crippen LogP contribution in [0.15, 0.2) is 30.7 Å². The van der Waals surface area contributed by atoms with Gasteiger partial charge in [-0.1, -0.05) is 12.8 Å². The number of hydrogen-bond donors (Lipinski definition) is 1. The molecule has 3 rings (SSSR count). The van der Waals surface area contributed by atoms with Gasteiger partial charge in [0.05, 0.1) is 12.8 Å². The van der Waals surface area contributed by atoms with Gasteiger partial charge < -0.3 is 10.1 Å². The molecular weight excluding hydrogens is 268 g/mol. The highest BCUT2D eigenvalue weighted by molar-refractivity contribution is 5.79. The van der Waals surface area contributed by atoms with Gasteiger partial charge in [0, 0.05) is 30.7 Å². The Morgan fingerprint density at radius 1 is 1.52 bits per heavy atom. The van der Waals surface area contributed by atoms with Gasteiger partial charge in [-0.25, -0.2) is 9.36 Å². The maximum absolute atomic E-state index is 12.2. The molecule has 0 spiro atoms. The van der Waals surface area contributed by atoms with E-state index in [1.165, 1.54) is 24.5 Å². The standard InChI is InChI=1S/C15H18N4O2/c1-21-15-18-13(12-3-2-7-16-9-12)10-19(15)14(20)17-8-6-11-4-5-11/h2-3,7,9-11H,4-6,8H2,1H3,(H,17,20). The van der Waals surface area contributed by atoms with Crippen molar-refractivity contribution >= 4 is 6.03 Å². The molecule has 0 aromatic carbocycles. The fraction of sp³-hybridized carbons (Fsp3) is 0.400. The maximum atomic E-state index is 12.2. The minimum absolute atomic E-state index is 0.213. The molecule has 110 valence electrons. The van der Waals surface area contributed by atoms with Crippen LogP contribution in [0.5, 0.6) is 6.01 Å². The van der Waals surface area contributed by atoms with Crippen LogP contribution in [0.2, 0.25) is 0 Å². The molecule has 0 aliphatic heterocycles. The highest BCUT2D eigenvalue weighted by Crippen LogP contribution is 2.31. The summed E-state index contributed by atoms with van der Waals surface area (Å²) in [6.45, 7) is 0.688. The fourth-order valence-electron chi connectivity index (χ4n) is 2.18. The molecule has 1 amide bonds. The molecule has 2 aromatic heterocycles. The van der Waals surface area contributed by atoms with Crippen LogP contribution in [0.25, 0.3) is 11.3 Å². The third-order valence-electron chi connectivity index (χ3n) is 3.56. The molecular formula is C15H18N4O2.